The Morgan fingerprint density at radius 1 is 1.00 bits per heavy atom. The highest BCUT2D eigenvalue weighted by molar-refractivity contribution is 6.30. The highest BCUT2D eigenvalue weighted by Gasteiger charge is 2.33. The van der Waals surface area contributed by atoms with Crippen molar-refractivity contribution in [2.45, 2.75) is 27.3 Å². The van der Waals surface area contributed by atoms with Crippen LogP contribution in [-0.4, -0.2) is 39.7 Å². The Labute approximate surface area is 170 Å². The smallest absolute Gasteiger partial charge is 0.280 e. The lowest BCUT2D eigenvalue weighted by Crippen LogP contribution is -2.22. The number of aromatic hydroxyl groups is 1. The van der Waals surface area contributed by atoms with E-state index in [9.17, 15) is 9.90 Å². The molecule has 0 bridgehead atoms. The van der Waals surface area contributed by atoms with Crippen LogP contribution >= 0.6 is 0 Å². The van der Waals surface area contributed by atoms with Crippen LogP contribution in [0.3, 0.4) is 0 Å². The van der Waals surface area contributed by atoms with Gasteiger partial charge in [0, 0.05) is 12.1 Å². The lowest BCUT2D eigenvalue weighted by molar-refractivity contribution is 0.101. The number of aliphatic imine (C=N–C) groups is 1. The minimum atomic E-state index is -0.323. The summed E-state index contributed by atoms with van der Waals surface area (Å²) in [6.45, 7) is 9.09. The van der Waals surface area contributed by atoms with E-state index in [4.69, 9.17) is 0 Å². The molecule has 2 heterocycles. The molecular weight excluding hydrogens is 362 g/mol. The number of hydrogen-bond donors (Lipinski definition) is 2. The molecule has 1 aliphatic heterocycles. The molecule has 0 fully saturated rings. The molecule has 2 aromatic carbocycles. The van der Waals surface area contributed by atoms with Gasteiger partial charge in [-0.25, -0.2) is 4.99 Å². The Morgan fingerprint density at radius 3 is 2.41 bits per heavy atom. The third-order valence-corrected chi connectivity index (χ3v) is 5.49. The van der Waals surface area contributed by atoms with Crippen LogP contribution in [-0.2, 0) is 6.54 Å². The highest BCUT2D eigenvalue weighted by Crippen LogP contribution is 2.38. The number of carbonyl (C=O) groups is 1. The third-order valence-electron chi connectivity index (χ3n) is 5.49. The molecule has 1 aromatic heterocycles. The van der Waals surface area contributed by atoms with Crippen LogP contribution in [0.5, 0.6) is 5.88 Å². The van der Waals surface area contributed by atoms with Gasteiger partial charge in [-0.05, 0) is 37.2 Å². The first-order valence-electron chi connectivity index (χ1n) is 9.98. The van der Waals surface area contributed by atoms with Gasteiger partial charge in [0.25, 0.3) is 5.91 Å². The molecule has 0 spiro atoms. The molecule has 0 saturated carbocycles. The average Bonchev–Trinajstić information content (AvgIpc) is 3.25. The molecule has 1 aliphatic rings. The van der Waals surface area contributed by atoms with E-state index in [1.54, 1.807) is 0 Å². The maximum atomic E-state index is 12.8. The first kappa shape index (κ1) is 19.2. The summed E-state index contributed by atoms with van der Waals surface area (Å²) < 4.78 is 0. The Morgan fingerprint density at radius 2 is 1.72 bits per heavy atom. The van der Waals surface area contributed by atoms with E-state index in [1.807, 2.05) is 43.3 Å². The van der Waals surface area contributed by atoms with Crippen LogP contribution in [0.25, 0.3) is 11.3 Å². The number of amides is 1. The predicted molar refractivity (Wildman–Crippen MR) is 116 cm³/mol. The number of benzene rings is 2. The summed E-state index contributed by atoms with van der Waals surface area (Å²) in [5.41, 5.74) is 6.06. The lowest BCUT2D eigenvalue weighted by atomic mass is 9.99. The van der Waals surface area contributed by atoms with Crippen LogP contribution in [0.1, 0.15) is 46.5 Å². The second-order valence-electron chi connectivity index (χ2n) is 7.39. The number of nitrogens with one attached hydrogen (secondary N) is 1. The van der Waals surface area contributed by atoms with Gasteiger partial charge in [-0.15, -0.1) is 0 Å². The van der Waals surface area contributed by atoms with E-state index >= 15 is 0 Å². The summed E-state index contributed by atoms with van der Waals surface area (Å²) in [5, 5.41) is 10.6. The van der Waals surface area contributed by atoms with Crippen molar-refractivity contribution in [2.24, 2.45) is 4.99 Å². The zero-order valence-corrected chi connectivity index (χ0v) is 17.0. The standard InChI is InChI=1S/C24H25N3O2/c1-4-27(5-2)14-16-7-6-8-18(13-16)22-20-19(23(28)26-22)21(25-24(20)29)17-11-9-15(3)10-12-17/h6-13,26,28H,4-5,14H2,1-3H3. The van der Waals surface area contributed by atoms with Crippen molar-refractivity contribution in [1.29, 1.82) is 0 Å². The maximum Gasteiger partial charge on any atom is 0.280 e. The molecular formula is C24H25N3O2. The number of carbonyl (C=O) groups excluding carboxylic acids is 1. The quantitative estimate of drug-likeness (QED) is 0.653. The van der Waals surface area contributed by atoms with Crippen LogP contribution < -0.4 is 0 Å². The summed E-state index contributed by atoms with van der Waals surface area (Å²) in [7, 11) is 0. The van der Waals surface area contributed by atoms with Gasteiger partial charge in [-0.1, -0.05) is 61.9 Å². The number of aromatic nitrogens is 1. The van der Waals surface area contributed by atoms with E-state index in [2.05, 4.69) is 40.9 Å². The fraction of sp³-hybridized carbons (Fsp3) is 0.250. The first-order valence-corrected chi connectivity index (χ1v) is 9.98. The molecule has 0 atom stereocenters. The SMILES string of the molecule is CCN(CC)Cc1cccc(-c2[nH]c(O)c3c2C(=O)N=C3c2ccc(C)cc2)c1. The summed E-state index contributed by atoms with van der Waals surface area (Å²) in [6, 6.07) is 15.9. The molecule has 3 aromatic rings. The second-order valence-corrected chi connectivity index (χ2v) is 7.39. The minimum absolute atomic E-state index is 0.0191. The van der Waals surface area contributed by atoms with Gasteiger partial charge >= 0.3 is 0 Å². The van der Waals surface area contributed by atoms with Crippen LogP contribution in [0.2, 0.25) is 0 Å². The predicted octanol–water partition coefficient (Wildman–Crippen LogP) is 4.53. The van der Waals surface area contributed by atoms with E-state index in [0.29, 0.717) is 22.5 Å². The number of H-pyrrole nitrogens is 1. The van der Waals surface area contributed by atoms with E-state index in [-0.39, 0.29) is 11.8 Å². The van der Waals surface area contributed by atoms with Gasteiger partial charge in [0.15, 0.2) is 5.88 Å². The van der Waals surface area contributed by atoms with Crippen molar-refractivity contribution in [3.63, 3.8) is 0 Å². The van der Waals surface area contributed by atoms with E-state index in [0.717, 1.165) is 36.3 Å². The Bertz CT molecular complexity index is 1090. The van der Waals surface area contributed by atoms with Crippen LogP contribution in [0, 0.1) is 6.92 Å². The number of rotatable bonds is 6. The normalized spacial score (nSPS) is 13.1. The molecule has 2 N–H and O–H groups in total. The topological polar surface area (TPSA) is 68.7 Å². The van der Waals surface area contributed by atoms with Crippen LogP contribution in [0.4, 0.5) is 0 Å². The molecule has 0 aliphatic carbocycles. The Balaban J connectivity index is 1.74. The number of nitrogens with zero attached hydrogens (tertiary/aromatic N) is 2. The van der Waals surface area contributed by atoms with Crippen molar-refractivity contribution >= 4 is 11.6 Å². The van der Waals surface area contributed by atoms with Gasteiger partial charge in [0.05, 0.1) is 22.5 Å². The van der Waals surface area contributed by atoms with Crippen molar-refractivity contribution in [3.8, 4) is 17.1 Å². The molecule has 5 heteroatoms. The molecule has 4 rings (SSSR count). The second kappa shape index (κ2) is 7.68. The zero-order valence-electron chi connectivity index (χ0n) is 17.0. The number of fused-ring (bicyclic) bond motifs is 1. The fourth-order valence-electron chi connectivity index (χ4n) is 3.81. The molecule has 0 radical (unpaired) electrons. The van der Waals surface area contributed by atoms with Crippen molar-refractivity contribution in [1.82, 2.24) is 9.88 Å². The molecule has 0 unspecified atom stereocenters. The molecule has 5 nitrogen and oxygen atoms in total. The minimum Gasteiger partial charge on any atom is -0.494 e. The summed E-state index contributed by atoms with van der Waals surface area (Å²) >= 11 is 0. The van der Waals surface area contributed by atoms with Gasteiger partial charge in [-0.3, -0.25) is 9.69 Å². The number of hydrogen-bond acceptors (Lipinski definition) is 3. The lowest BCUT2D eigenvalue weighted by Gasteiger charge is -2.18. The van der Waals surface area contributed by atoms with Gasteiger partial charge in [0.2, 0.25) is 0 Å². The first-order chi connectivity index (χ1) is 14.0. The largest absolute Gasteiger partial charge is 0.494 e. The fourth-order valence-corrected chi connectivity index (χ4v) is 3.81. The van der Waals surface area contributed by atoms with Crippen molar-refractivity contribution in [2.75, 3.05) is 13.1 Å². The van der Waals surface area contributed by atoms with E-state index < -0.39 is 0 Å². The van der Waals surface area contributed by atoms with E-state index in [1.165, 1.54) is 5.56 Å². The Kier molecular flexibility index (Phi) is 5.07. The van der Waals surface area contributed by atoms with Crippen LogP contribution in [0.15, 0.2) is 53.5 Å². The summed E-state index contributed by atoms with van der Waals surface area (Å²) in [6.07, 6.45) is 0. The highest BCUT2D eigenvalue weighted by atomic mass is 16.3. The molecule has 148 valence electrons. The average molecular weight is 387 g/mol. The monoisotopic (exact) mass is 387 g/mol. The molecule has 0 saturated heterocycles. The van der Waals surface area contributed by atoms with Crippen molar-refractivity contribution in [3.05, 3.63) is 76.3 Å². The summed E-state index contributed by atoms with van der Waals surface area (Å²) in [5.74, 6) is -0.342. The van der Waals surface area contributed by atoms with Gasteiger partial charge in [-0.2, -0.15) is 0 Å². The van der Waals surface area contributed by atoms with Crippen molar-refractivity contribution < 1.29 is 9.90 Å². The van der Waals surface area contributed by atoms with Gasteiger partial charge < -0.3 is 10.1 Å². The maximum absolute atomic E-state index is 12.8. The third kappa shape index (κ3) is 3.49. The summed E-state index contributed by atoms with van der Waals surface area (Å²) in [4.78, 5) is 22.4. The zero-order chi connectivity index (χ0) is 20.5. The number of aryl methyl sites for hydroxylation is 1. The molecule has 29 heavy (non-hydrogen) atoms. The van der Waals surface area contributed by atoms with Gasteiger partial charge in [0.1, 0.15) is 0 Å². The molecule has 1 amide bonds. The number of aromatic amines is 1. The Hall–Kier alpha value is -3.18.